The minimum atomic E-state index is 0.0183. The second-order valence-electron chi connectivity index (χ2n) is 24.3. The third-order valence-electron chi connectivity index (χ3n) is 16.4. The summed E-state index contributed by atoms with van der Waals surface area (Å²) in [5.74, 6) is 0. The molecule has 0 aliphatic rings. The predicted octanol–water partition coefficient (Wildman–Crippen LogP) is 21.3. The maximum Gasteiger partial charge on any atom is 0.0541 e. The minimum Gasteiger partial charge on any atom is -0.310 e. The molecule has 11 aromatic rings. The highest BCUT2D eigenvalue weighted by Crippen LogP contribution is 2.46. The van der Waals surface area contributed by atoms with Crippen molar-refractivity contribution in [2.75, 3.05) is 9.80 Å². The van der Waals surface area contributed by atoms with Gasteiger partial charge in [-0.3, -0.25) is 0 Å². The third-order valence-corrected chi connectivity index (χ3v) is 16.4. The van der Waals surface area contributed by atoms with Crippen LogP contribution >= 0.6 is 0 Å². The molecule has 9 aromatic carbocycles. The smallest absolute Gasteiger partial charge is 0.0541 e. The summed E-state index contributed by atoms with van der Waals surface area (Å²) in [6.45, 7) is 27.5. The predicted molar refractivity (Wildman–Crippen MR) is 338 cm³/mol. The molecule has 2 aromatic heterocycles. The lowest BCUT2D eigenvalue weighted by molar-refractivity contribution is 0.589. The summed E-state index contributed by atoms with van der Waals surface area (Å²) in [7, 11) is 0. The first-order chi connectivity index (χ1) is 37.5. The maximum absolute atomic E-state index is 2.48. The first kappa shape index (κ1) is 52.2. The summed E-state index contributed by atoms with van der Waals surface area (Å²) < 4.78 is 4.88. The van der Waals surface area contributed by atoms with Crippen molar-refractivity contribution in [3.8, 4) is 11.4 Å². The normalized spacial score (nSPS) is 12.2. The molecule has 0 spiro atoms. The summed E-state index contributed by atoms with van der Waals surface area (Å²) in [6.07, 6.45) is 7.00. The van der Waals surface area contributed by atoms with Crippen molar-refractivity contribution in [1.82, 2.24) is 9.13 Å². The van der Waals surface area contributed by atoms with E-state index in [2.05, 4.69) is 284 Å². The Kier molecular flexibility index (Phi) is 14.0. The molecule has 0 amide bonds. The quantitative estimate of drug-likeness (QED) is 0.108. The van der Waals surface area contributed by atoms with E-state index in [1.54, 1.807) is 0 Å². The monoisotopic (exact) mass is 1020 g/mol. The second-order valence-corrected chi connectivity index (χ2v) is 24.3. The summed E-state index contributed by atoms with van der Waals surface area (Å²) in [4.78, 5) is 4.95. The van der Waals surface area contributed by atoms with Crippen molar-refractivity contribution in [3.63, 3.8) is 0 Å². The van der Waals surface area contributed by atoms with Crippen molar-refractivity contribution in [2.24, 2.45) is 0 Å². The van der Waals surface area contributed by atoms with Crippen LogP contribution in [0.2, 0.25) is 0 Å². The van der Waals surface area contributed by atoms with E-state index < -0.39 is 0 Å². The van der Waals surface area contributed by atoms with Gasteiger partial charge in [-0.15, -0.1) is 0 Å². The Labute approximate surface area is 464 Å². The Morgan fingerprint density at radius 3 is 0.974 bits per heavy atom. The number of fused-ring (bicyclic) bond motifs is 6. The van der Waals surface area contributed by atoms with Gasteiger partial charge in [-0.2, -0.15) is 0 Å². The van der Waals surface area contributed by atoms with Crippen LogP contribution in [0.25, 0.3) is 55.0 Å². The van der Waals surface area contributed by atoms with Crippen molar-refractivity contribution in [3.05, 3.63) is 226 Å². The van der Waals surface area contributed by atoms with Crippen molar-refractivity contribution < 1.29 is 0 Å². The van der Waals surface area contributed by atoms with Crippen LogP contribution in [0.15, 0.2) is 182 Å². The molecule has 11 rings (SSSR count). The highest BCUT2D eigenvalue weighted by molar-refractivity contribution is 6.10. The van der Waals surface area contributed by atoms with Crippen LogP contribution in [0, 0.1) is 27.7 Å². The fourth-order valence-corrected chi connectivity index (χ4v) is 12.2. The van der Waals surface area contributed by atoms with Gasteiger partial charge in [0.25, 0.3) is 0 Å². The summed E-state index contributed by atoms with van der Waals surface area (Å²) in [5, 5.41) is 5.22. The van der Waals surface area contributed by atoms with E-state index in [1.807, 2.05) is 0 Å². The van der Waals surface area contributed by atoms with Crippen molar-refractivity contribution in [1.29, 1.82) is 0 Å². The first-order valence-corrected chi connectivity index (χ1v) is 28.7. The average molecular weight is 1020 g/mol. The van der Waals surface area contributed by atoms with Gasteiger partial charge >= 0.3 is 0 Å². The molecule has 0 bridgehead atoms. The fraction of sp³-hybridized carbons (Fsp3) is 0.270. The highest BCUT2D eigenvalue weighted by atomic mass is 15.2. The number of anilines is 6. The molecule has 4 nitrogen and oxygen atoms in total. The van der Waals surface area contributed by atoms with E-state index in [4.69, 9.17) is 0 Å². The number of aromatic nitrogens is 2. The van der Waals surface area contributed by atoms with Gasteiger partial charge in [0.05, 0.1) is 33.4 Å². The van der Waals surface area contributed by atoms with Gasteiger partial charge in [0, 0.05) is 55.7 Å². The molecule has 0 fully saturated rings. The first-order valence-electron chi connectivity index (χ1n) is 28.7. The van der Waals surface area contributed by atoms with E-state index in [0.717, 1.165) is 47.0 Å². The Bertz CT molecular complexity index is 3820. The number of hydrogen-bond acceptors (Lipinski definition) is 2. The largest absolute Gasteiger partial charge is 0.310 e. The van der Waals surface area contributed by atoms with Gasteiger partial charge in [0.2, 0.25) is 0 Å². The number of para-hydroxylation sites is 2. The van der Waals surface area contributed by atoms with Gasteiger partial charge in [-0.05, 0) is 218 Å². The molecule has 394 valence electrons. The van der Waals surface area contributed by atoms with Gasteiger partial charge in [0.1, 0.15) is 0 Å². The molecule has 0 aliphatic heterocycles. The van der Waals surface area contributed by atoms with Crippen LogP contribution in [0.4, 0.5) is 34.1 Å². The molecule has 0 saturated carbocycles. The molecule has 78 heavy (non-hydrogen) atoms. The molecule has 0 unspecified atom stereocenters. The summed E-state index contributed by atoms with van der Waals surface area (Å²) >= 11 is 0. The molecule has 4 heteroatoms. The van der Waals surface area contributed by atoms with E-state index in [0.29, 0.717) is 0 Å². The standard InChI is InChI=1S/C74H78N4/c1-13-15-21-53-27-41-69-65(47-53)66-48-54(22-16-14-2)28-42-70(66)78(69)62-39-35-60(36-40-62)76(72-51(5)45-56(46-52(72)6)74(10,11)12)58-31-29-57(30-32-58)75(71-49(3)43-55(44-50(71)4)73(7,8)9)59-33-37-61(38-34-59)77-67-25-19-17-23-63(67)64-24-18-20-26-68(64)77/h17-20,23-48H,13-16,21-22H2,1-12H3. The second kappa shape index (κ2) is 20.9. The van der Waals surface area contributed by atoms with Gasteiger partial charge in [0.15, 0.2) is 0 Å². The fourth-order valence-electron chi connectivity index (χ4n) is 12.2. The van der Waals surface area contributed by atoms with E-state index >= 15 is 0 Å². The molecule has 2 heterocycles. The number of nitrogens with zero attached hydrogens (tertiary/aromatic N) is 4. The lowest BCUT2D eigenvalue weighted by Crippen LogP contribution is -2.17. The number of unbranched alkanes of at least 4 members (excludes halogenated alkanes) is 2. The molecule has 0 radical (unpaired) electrons. The summed E-state index contributed by atoms with van der Waals surface area (Å²) in [6, 6.07) is 69.2. The Hall–Kier alpha value is -7.82. The van der Waals surface area contributed by atoms with Gasteiger partial charge < -0.3 is 18.9 Å². The number of benzene rings is 9. The Morgan fingerprint density at radius 2 is 0.654 bits per heavy atom. The van der Waals surface area contributed by atoms with Crippen LogP contribution in [0.5, 0.6) is 0 Å². The lowest BCUT2D eigenvalue weighted by atomic mass is 9.84. The molecule has 0 N–H and O–H groups in total. The topological polar surface area (TPSA) is 16.3 Å². The average Bonchev–Trinajstić information content (AvgIpc) is 4.17. The van der Waals surface area contributed by atoms with Crippen molar-refractivity contribution in [2.45, 2.75) is 132 Å². The molecule has 0 aliphatic carbocycles. The van der Waals surface area contributed by atoms with Crippen LogP contribution in [-0.4, -0.2) is 9.13 Å². The van der Waals surface area contributed by atoms with E-state index in [-0.39, 0.29) is 10.8 Å². The van der Waals surface area contributed by atoms with E-state index in [1.165, 1.54) is 125 Å². The zero-order valence-corrected chi connectivity index (χ0v) is 48.4. The molecule has 0 atom stereocenters. The SMILES string of the molecule is CCCCc1ccc2c(c1)c1cc(CCCC)ccc1n2-c1ccc(N(c2ccc(N(c3ccc(-n4c5ccccc5c5ccccc54)cc3)c3c(C)cc(C(C)(C)C)cc3C)cc2)c2c(C)cc(C(C)(C)C)cc2C)cc1. The van der Waals surface area contributed by atoms with Gasteiger partial charge in [-0.1, -0.05) is 141 Å². The van der Waals surface area contributed by atoms with Gasteiger partial charge in [-0.25, -0.2) is 0 Å². The van der Waals surface area contributed by atoms with Crippen LogP contribution in [0.1, 0.15) is 126 Å². The van der Waals surface area contributed by atoms with Crippen LogP contribution < -0.4 is 9.80 Å². The van der Waals surface area contributed by atoms with Crippen molar-refractivity contribution >= 4 is 77.7 Å². The minimum absolute atomic E-state index is 0.0183. The third kappa shape index (κ3) is 9.69. The maximum atomic E-state index is 2.48. The van der Waals surface area contributed by atoms with Crippen LogP contribution in [0.3, 0.4) is 0 Å². The Balaban J connectivity index is 1.03. The zero-order chi connectivity index (χ0) is 54.6. The Morgan fingerprint density at radius 1 is 0.346 bits per heavy atom. The van der Waals surface area contributed by atoms with Crippen LogP contribution in [-0.2, 0) is 23.7 Å². The molecule has 0 saturated heterocycles. The summed E-state index contributed by atoms with van der Waals surface area (Å²) in [5.41, 5.74) is 24.7. The number of aryl methyl sites for hydroxylation is 6. The number of hydrogen-bond donors (Lipinski definition) is 0. The number of rotatable bonds is 14. The lowest BCUT2D eigenvalue weighted by Gasteiger charge is -2.33. The highest BCUT2D eigenvalue weighted by Gasteiger charge is 2.25. The van der Waals surface area contributed by atoms with E-state index in [9.17, 15) is 0 Å². The molecular weight excluding hydrogens is 945 g/mol. The zero-order valence-electron chi connectivity index (χ0n) is 48.4. The molecular formula is C74H78N4.